The third-order valence-electron chi connectivity index (χ3n) is 3.31. The van der Waals surface area contributed by atoms with Crippen molar-refractivity contribution in [3.8, 4) is 0 Å². The second-order valence-corrected chi connectivity index (χ2v) is 5.27. The minimum absolute atomic E-state index is 0.456. The van der Waals surface area contributed by atoms with Crippen molar-refractivity contribution in [2.45, 2.75) is 32.4 Å². The smallest absolute Gasteiger partial charge is 0.166 e. The molecule has 0 heterocycles. The van der Waals surface area contributed by atoms with Crippen molar-refractivity contribution in [1.29, 1.82) is 0 Å². The number of alkyl halides is 3. The van der Waals surface area contributed by atoms with Crippen molar-refractivity contribution >= 4 is 0 Å². The van der Waals surface area contributed by atoms with E-state index in [1.54, 1.807) is 6.07 Å². The van der Waals surface area contributed by atoms with Gasteiger partial charge in [0.2, 0.25) is 0 Å². The molecular weight excluding hydrogens is 261 g/mol. The SMILES string of the molecule is CC(C)c1ccc(Cc2cccc(C(F)(F)F)c2)cc1. The van der Waals surface area contributed by atoms with E-state index in [9.17, 15) is 13.2 Å². The summed E-state index contributed by atoms with van der Waals surface area (Å²) < 4.78 is 37.9. The monoisotopic (exact) mass is 278 g/mol. The van der Waals surface area contributed by atoms with Crippen molar-refractivity contribution in [2.75, 3.05) is 0 Å². The first-order valence-electron chi connectivity index (χ1n) is 6.61. The maximum Gasteiger partial charge on any atom is 0.416 e. The van der Waals surface area contributed by atoms with Gasteiger partial charge in [-0.1, -0.05) is 56.3 Å². The van der Waals surface area contributed by atoms with E-state index < -0.39 is 11.7 Å². The predicted molar refractivity (Wildman–Crippen MR) is 74.8 cm³/mol. The molecule has 2 aromatic rings. The second kappa shape index (κ2) is 5.70. The topological polar surface area (TPSA) is 0 Å². The lowest BCUT2D eigenvalue weighted by atomic mass is 9.98. The van der Waals surface area contributed by atoms with E-state index in [4.69, 9.17) is 0 Å². The van der Waals surface area contributed by atoms with Crippen LogP contribution in [0.2, 0.25) is 0 Å². The van der Waals surface area contributed by atoms with E-state index in [2.05, 4.69) is 13.8 Å². The number of benzene rings is 2. The first-order chi connectivity index (χ1) is 9.36. The average Bonchev–Trinajstić information content (AvgIpc) is 2.38. The average molecular weight is 278 g/mol. The van der Waals surface area contributed by atoms with Gasteiger partial charge in [0.15, 0.2) is 0 Å². The molecule has 0 aliphatic rings. The summed E-state index contributed by atoms with van der Waals surface area (Å²) in [5, 5.41) is 0. The van der Waals surface area contributed by atoms with Crippen LogP contribution in [0.5, 0.6) is 0 Å². The Balaban J connectivity index is 2.18. The van der Waals surface area contributed by atoms with Gasteiger partial charge in [-0.15, -0.1) is 0 Å². The van der Waals surface area contributed by atoms with Gasteiger partial charge in [-0.25, -0.2) is 0 Å². The lowest BCUT2D eigenvalue weighted by molar-refractivity contribution is -0.137. The van der Waals surface area contributed by atoms with Gasteiger partial charge < -0.3 is 0 Å². The van der Waals surface area contributed by atoms with Crippen LogP contribution >= 0.6 is 0 Å². The Morgan fingerprint density at radius 3 is 2.10 bits per heavy atom. The zero-order chi connectivity index (χ0) is 14.8. The molecule has 3 heteroatoms. The lowest BCUT2D eigenvalue weighted by Crippen LogP contribution is -2.05. The summed E-state index contributed by atoms with van der Waals surface area (Å²) in [7, 11) is 0. The Bertz CT molecular complexity index is 566. The summed E-state index contributed by atoms with van der Waals surface area (Å²) in [6, 6.07) is 13.5. The third-order valence-corrected chi connectivity index (χ3v) is 3.31. The number of hydrogen-bond donors (Lipinski definition) is 0. The molecule has 106 valence electrons. The van der Waals surface area contributed by atoms with E-state index in [-0.39, 0.29) is 0 Å². The van der Waals surface area contributed by atoms with Crippen LogP contribution < -0.4 is 0 Å². The number of rotatable bonds is 3. The summed E-state index contributed by atoms with van der Waals surface area (Å²) in [5.41, 5.74) is 2.34. The van der Waals surface area contributed by atoms with Gasteiger partial charge in [0, 0.05) is 0 Å². The molecule has 0 nitrogen and oxygen atoms in total. The minimum Gasteiger partial charge on any atom is -0.166 e. The quantitative estimate of drug-likeness (QED) is 0.703. The molecule has 0 saturated heterocycles. The van der Waals surface area contributed by atoms with Crippen LogP contribution in [0.1, 0.15) is 42.0 Å². The van der Waals surface area contributed by atoms with Crippen molar-refractivity contribution in [2.24, 2.45) is 0 Å². The summed E-state index contributed by atoms with van der Waals surface area (Å²) in [6.45, 7) is 4.23. The first kappa shape index (κ1) is 14.6. The molecule has 0 aliphatic carbocycles. The summed E-state index contributed by atoms with van der Waals surface area (Å²) in [4.78, 5) is 0. The fraction of sp³-hybridized carbons (Fsp3) is 0.294. The minimum atomic E-state index is -4.28. The molecule has 0 N–H and O–H groups in total. The van der Waals surface area contributed by atoms with Crippen LogP contribution in [0.4, 0.5) is 13.2 Å². The Labute approximate surface area is 117 Å². The maximum absolute atomic E-state index is 12.6. The lowest BCUT2D eigenvalue weighted by Gasteiger charge is -2.10. The fourth-order valence-corrected chi connectivity index (χ4v) is 2.11. The molecule has 20 heavy (non-hydrogen) atoms. The molecule has 0 fully saturated rings. The zero-order valence-corrected chi connectivity index (χ0v) is 11.5. The van der Waals surface area contributed by atoms with E-state index >= 15 is 0 Å². The molecule has 0 radical (unpaired) electrons. The molecule has 0 aromatic heterocycles. The van der Waals surface area contributed by atoms with Gasteiger partial charge >= 0.3 is 6.18 Å². The molecule has 2 rings (SSSR count). The Kier molecular flexibility index (Phi) is 4.17. The van der Waals surface area contributed by atoms with E-state index in [0.717, 1.165) is 11.6 Å². The van der Waals surface area contributed by atoms with Crippen LogP contribution in [0.3, 0.4) is 0 Å². The van der Waals surface area contributed by atoms with Crippen molar-refractivity contribution in [1.82, 2.24) is 0 Å². The van der Waals surface area contributed by atoms with Crippen LogP contribution in [0, 0.1) is 0 Å². The Morgan fingerprint density at radius 2 is 1.55 bits per heavy atom. The normalized spacial score (nSPS) is 11.9. The third kappa shape index (κ3) is 3.62. The summed E-state index contributed by atoms with van der Waals surface area (Å²) >= 11 is 0. The highest BCUT2D eigenvalue weighted by Crippen LogP contribution is 2.30. The molecule has 0 spiro atoms. The standard InChI is InChI=1S/C17H17F3/c1-12(2)15-8-6-13(7-9-15)10-14-4-3-5-16(11-14)17(18,19)20/h3-9,11-12H,10H2,1-2H3. The van der Waals surface area contributed by atoms with E-state index in [0.29, 0.717) is 17.9 Å². The highest BCUT2D eigenvalue weighted by molar-refractivity contribution is 5.32. The second-order valence-electron chi connectivity index (χ2n) is 5.27. The molecule has 0 bridgehead atoms. The number of halogens is 3. The molecule has 0 unspecified atom stereocenters. The maximum atomic E-state index is 12.6. The zero-order valence-electron chi connectivity index (χ0n) is 11.5. The molecular formula is C17H17F3. The van der Waals surface area contributed by atoms with Crippen molar-refractivity contribution < 1.29 is 13.2 Å². The number of hydrogen-bond acceptors (Lipinski definition) is 0. The van der Waals surface area contributed by atoms with Crippen LogP contribution in [0.25, 0.3) is 0 Å². The van der Waals surface area contributed by atoms with Crippen molar-refractivity contribution in [3.63, 3.8) is 0 Å². The molecule has 0 aliphatic heterocycles. The van der Waals surface area contributed by atoms with Gasteiger partial charge in [-0.3, -0.25) is 0 Å². The largest absolute Gasteiger partial charge is 0.416 e. The fourth-order valence-electron chi connectivity index (χ4n) is 2.11. The van der Waals surface area contributed by atoms with Crippen molar-refractivity contribution in [3.05, 3.63) is 70.8 Å². The van der Waals surface area contributed by atoms with E-state index in [1.165, 1.54) is 17.7 Å². The van der Waals surface area contributed by atoms with Crippen LogP contribution in [-0.2, 0) is 12.6 Å². The molecule has 0 amide bonds. The summed E-state index contributed by atoms with van der Waals surface area (Å²) in [6.07, 6.45) is -3.76. The molecule has 0 atom stereocenters. The van der Waals surface area contributed by atoms with E-state index in [1.807, 2.05) is 24.3 Å². The van der Waals surface area contributed by atoms with Gasteiger partial charge in [0.05, 0.1) is 5.56 Å². The summed E-state index contributed by atoms with van der Waals surface area (Å²) in [5.74, 6) is 0.456. The Hall–Kier alpha value is -1.77. The van der Waals surface area contributed by atoms with Gasteiger partial charge in [0.25, 0.3) is 0 Å². The first-order valence-corrected chi connectivity index (χ1v) is 6.61. The van der Waals surface area contributed by atoms with Gasteiger partial charge in [0.1, 0.15) is 0 Å². The highest BCUT2D eigenvalue weighted by atomic mass is 19.4. The van der Waals surface area contributed by atoms with Crippen LogP contribution in [0.15, 0.2) is 48.5 Å². The van der Waals surface area contributed by atoms with Gasteiger partial charge in [-0.2, -0.15) is 13.2 Å². The Morgan fingerprint density at radius 1 is 0.900 bits per heavy atom. The van der Waals surface area contributed by atoms with Gasteiger partial charge in [-0.05, 0) is 35.1 Å². The van der Waals surface area contributed by atoms with Crippen LogP contribution in [-0.4, -0.2) is 0 Å². The molecule has 0 saturated carbocycles. The molecule has 2 aromatic carbocycles. The predicted octanol–water partition coefficient (Wildman–Crippen LogP) is 5.42. The highest BCUT2D eigenvalue weighted by Gasteiger charge is 2.30.